The number of amides is 3. The summed E-state index contributed by atoms with van der Waals surface area (Å²) >= 11 is 0. The van der Waals surface area contributed by atoms with E-state index in [9.17, 15) is 14.0 Å². The number of nitrogens with one attached hydrogen (secondary N) is 1. The van der Waals surface area contributed by atoms with Crippen molar-refractivity contribution < 1.29 is 18.7 Å². The number of urea groups is 1. The molecule has 0 bridgehead atoms. The lowest BCUT2D eigenvalue weighted by Gasteiger charge is -2.35. The van der Waals surface area contributed by atoms with E-state index < -0.39 is 5.82 Å². The molecule has 6 nitrogen and oxygen atoms in total. The second kappa shape index (κ2) is 7.72. The molecule has 25 heavy (non-hydrogen) atoms. The van der Waals surface area contributed by atoms with Gasteiger partial charge in [0.1, 0.15) is 0 Å². The maximum absolute atomic E-state index is 13.8. The molecule has 2 aliphatic rings. The first-order valence-electron chi connectivity index (χ1n) is 8.76. The van der Waals surface area contributed by atoms with Gasteiger partial charge >= 0.3 is 6.03 Å². The Bertz CT molecular complexity index is 638. The Morgan fingerprint density at radius 3 is 2.36 bits per heavy atom. The molecule has 1 aromatic carbocycles. The van der Waals surface area contributed by atoms with E-state index in [4.69, 9.17) is 4.74 Å². The number of carbonyl (C=O) groups is 2. The number of halogens is 1. The molecular formula is C18H24FN3O3. The molecule has 1 aromatic rings. The number of rotatable bonds is 3. The van der Waals surface area contributed by atoms with Crippen molar-refractivity contribution in [1.82, 2.24) is 15.1 Å². The van der Waals surface area contributed by atoms with Crippen LogP contribution in [0.15, 0.2) is 18.2 Å². The Morgan fingerprint density at radius 1 is 1.12 bits per heavy atom. The van der Waals surface area contributed by atoms with Gasteiger partial charge in [-0.15, -0.1) is 0 Å². The van der Waals surface area contributed by atoms with Crippen LogP contribution in [0.5, 0.6) is 5.75 Å². The lowest BCUT2D eigenvalue weighted by molar-refractivity contribution is 0.0663. The van der Waals surface area contributed by atoms with E-state index in [0.29, 0.717) is 31.7 Å². The zero-order valence-corrected chi connectivity index (χ0v) is 14.5. The second-order valence-corrected chi connectivity index (χ2v) is 6.56. The summed E-state index contributed by atoms with van der Waals surface area (Å²) in [5, 5.41) is 3.06. The van der Waals surface area contributed by atoms with Crippen LogP contribution in [0.2, 0.25) is 0 Å². The van der Waals surface area contributed by atoms with E-state index in [0.717, 1.165) is 12.8 Å². The fraction of sp³-hybridized carbons (Fsp3) is 0.556. The van der Waals surface area contributed by atoms with Crippen LogP contribution in [0.4, 0.5) is 9.18 Å². The summed E-state index contributed by atoms with van der Waals surface area (Å²) in [6.45, 7) is 1.88. The molecule has 3 rings (SSSR count). The first kappa shape index (κ1) is 17.5. The molecule has 2 fully saturated rings. The standard InChI is InChI=1S/C18H24FN3O3/c1-25-16-7-6-13(12-15(16)19)17(23)21-8-10-22(11-9-21)18(24)20-14-4-2-3-5-14/h6-7,12,14H,2-5,8-11H2,1H3,(H,20,24). The average molecular weight is 349 g/mol. The number of hydrogen-bond donors (Lipinski definition) is 1. The Kier molecular flexibility index (Phi) is 5.40. The molecule has 0 atom stereocenters. The maximum Gasteiger partial charge on any atom is 0.317 e. The fourth-order valence-electron chi connectivity index (χ4n) is 3.43. The molecule has 3 amide bonds. The third-order valence-electron chi connectivity index (χ3n) is 4.94. The van der Waals surface area contributed by atoms with Gasteiger partial charge in [-0.2, -0.15) is 0 Å². The van der Waals surface area contributed by atoms with Crippen molar-refractivity contribution in [2.24, 2.45) is 0 Å². The van der Waals surface area contributed by atoms with Gasteiger partial charge in [0, 0.05) is 37.8 Å². The van der Waals surface area contributed by atoms with Gasteiger partial charge in [-0.25, -0.2) is 9.18 Å². The molecule has 0 unspecified atom stereocenters. The van der Waals surface area contributed by atoms with Crippen LogP contribution in [0.3, 0.4) is 0 Å². The minimum absolute atomic E-state index is 0.0468. The van der Waals surface area contributed by atoms with Gasteiger partial charge in [-0.05, 0) is 31.0 Å². The maximum atomic E-state index is 13.8. The van der Waals surface area contributed by atoms with E-state index in [1.54, 1.807) is 15.9 Å². The summed E-state index contributed by atoms with van der Waals surface area (Å²) in [5.41, 5.74) is 0.294. The van der Waals surface area contributed by atoms with Crippen molar-refractivity contribution >= 4 is 11.9 Å². The summed E-state index contributed by atoms with van der Waals surface area (Å²) < 4.78 is 18.7. The number of carbonyl (C=O) groups excluding carboxylic acids is 2. The van der Waals surface area contributed by atoms with Gasteiger partial charge in [-0.1, -0.05) is 12.8 Å². The molecule has 7 heteroatoms. The predicted molar refractivity (Wildman–Crippen MR) is 91.2 cm³/mol. The Balaban J connectivity index is 1.53. The number of hydrogen-bond acceptors (Lipinski definition) is 3. The molecule has 136 valence electrons. The quantitative estimate of drug-likeness (QED) is 0.910. The van der Waals surface area contributed by atoms with Crippen molar-refractivity contribution in [3.8, 4) is 5.75 Å². The molecule has 1 saturated carbocycles. The third-order valence-corrected chi connectivity index (χ3v) is 4.94. The van der Waals surface area contributed by atoms with Crippen LogP contribution < -0.4 is 10.1 Å². The second-order valence-electron chi connectivity index (χ2n) is 6.56. The van der Waals surface area contributed by atoms with E-state index in [1.165, 1.54) is 32.1 Å². The molecule has 0 aromatic heterocycles. The number of piperazine rings is 1. The number of nitrogens with zero attached hydrogens (tertiary/aromatic N) is 2. The zero-order valence-electron chi connectivity index (χ0n) is 14.5. The highest BCUT2D eigenvalue weighted by Gasteiger charge is 2.27. The van der Waals surface area contributed by atoms with Crippen LogP contribution in [-0.2, 0) is 0 Å². The smallest absolute Gasteiger partial charge is 0.317 e. The number of ether oxygens (including phenoxy) is 1. The highest BCUT2D eigenvalue weighted by atomic mass is 19.1. The fourth-order valence-corrected chi connectivity index (χ4v) is 3.43. The molecular weight excluding hydrogens is 325 g/mol. The number of benzene rings is 1. The first-order chi connectivity index (χ1) is 12.1. The molecule has 1 aliphatic heterocycles. The Labute approximate surface area is 146 Å². The van der Waals surface area contributed by atoms with Gasteiger partial charge < -0.3 is 19.9 Å². The van der Waals surface area contributed by atoms with E-state index in [-0.39, 0.29) is 23.7 Å². The van der Waals surface area contributed by atoms with E-state index in [1.807, 2.05) is 0 Å². The van der Waals surface area contributed by atoms with Gasteiger partial charge in [-0.3, -0.25) is 4.79 Å². The lowest BCUT2D eigenvalue weighted by atomic mass is 10.1. The van der Waals surface area contributed by atoms with Crippen LogP contribution in [0.25, 0.3) is 0 Å². The minimum atomic E-state index is -0.553. The van der Waals surface area contributed by atoms with Crippen molar-refractivity contribution in [2.45, 2.75) is 31.7 Å². The molecule has 1 heterocycles. The molecule has 0 spiro atoms. The van der Waals surface area contributed by atoms with Crippen LogP contribution in [0, 0.1) is 5.82 Å². The SMILES string of the molecule is COc1ccc(C(=O)N2CCN(C(=O)NC3CCCC3)CC2)cc1F. The van der Waals surface area contributed by atoms with Gasteiger partial charge in [0.2, 0.25) is 0 Å². The summed E-state index contributed by atoms with van der Waals surface area (Å²) in [5.74, 6) is -0.662. The van der Waals surface area contributed by atoms with E-state index in [2.05, 4.69) is 5.32 Å². The first-order valence-corrected chi connectivity index (χ1v) is 8.76. The number of methoxy groups -OCH3 is 1. The van der Waals surface area contributed by atoms with E-state index >= 15 is 0 Å². The van der Waals surface area contributed by atoms with Crippen molar-refractivity contribution in [2.75, 3.05) is 33.3 Å². The summed E-state index contributed by atoms with van der Waals surface area (Å²) in [4.78, 5) is 28.2. The van der Waals surface area contributed by atoms with Crippen molar-refractivity contribution in [1.29, 1.82) is 0 Å². The highest BCUT2D eigenvalue weighted by Crippen LogP contribution is 2.20. The third kappa shape index (κ3) is 4.03. The molecule has 1 aliphatic carbocycles. The average Bonchev–Trinajstić information content (AvgIpc) is 3.14. The molecule has 1 saturated heterocycles. The summed E-state index contributed by atoms with van der Waals surface area (Å²) in [6, 6.07) is 4.45. The van der Waals surface area contributed by atoms with Crippen molar-refractivity contribution in [3.05, 3.63) is 29.6 Å². The lowest BCUT2D eigenvalue weighted by Crippen LogP contribution is -2.54. The zero-order chi connectivity index (χ0) is 17.8. The topological polar surface area (TPSA) is 61.9 Å². The molecule has 1 N–H and O–H groups in total. The largest absolute Gasteiger partial charge is 0.494 e. The normalized spacial score (nSPS) is 18.3. The molecule has 0 radical (unpaired) electrons. The predicted octanol–water partition coefficient (Wildman–Crippen LogP) is 2.24. The van der Waals surface area contributed by atoms with Gasteiger partial charge in [0.25, 0.3) is 5.91 Å². The highest BCUT2D eigenvalue weighted by molar-refractivity contribution is 5.94. The van der Waals surface area contributed by atoms with Gasteiger partial charge in [0.15, 0.2) is 11.6 Å². The summed E-state index contributed by atoms with van der Waals surface area (Å²) in [7, 11) is 1.38. The Morgan fingerprint density at radius 2 is 1.76 bits per heavy atom. The minimum Gasteiger partial charge on any atom is -0.494 e. The monoisotopic (exact) mass is 349 g/mol. The van der Waals surface area contributed by atoms with Gasteiger partial charge in [0.05, 0.1) is 7.11 Å². The van der Waals surface area contributed by atoms with Crippen LogP contribution in [-0.4, -0.2) is 61.1 Å². The van der Waals surface area contributed by atoms with Crippen molar-refractivity contribution in [3.63, 3.8) is 0 Å². The van der Waals surface area contributed by atoms with Crippen LogP contribution in [0.1, 0.15) is 36.0 Å². The van der Waals surface area contributed by atoms with Crippen LogP contribution >= 0.6 is 0 Å². The Hall–Kier alpha value is -2.31. The summed E-state index contributed by atoms with van der Waals surface area (Å²) in [6.07, 6.45) is 4.44.